The van der Waals surface area contributed by atoms with Crippen LogP contribution in [-0.4, -0.2) is 70.1 Å². The SMILES string of the molecule is CCNC(=NCC1CCN(S(=O)(=O)C(F)(F)F)CC1)NCCOCCC(C)C.I. The third-order valence-electron chi connectivity index (χ3n) is 4.44. The van der Waals surface area contributed by atoms with Crippen LogP contribution in [0, 0.1) is 11.8 Å². The molecule has 0 spiro atoms. The Kier molecular flexibility index (Phi) is 13.7. The van der Waals surface area contributed by atoms with Crippen LogP contribution in [0.5, 0.6) is 0 Å². The van der Waals surface area contributed by atoms with E-state index in [-0.39, 0.29) is 43.0 Å². The molecule has 0 aliphatic carbocycles. The number of aliphatic imine (C=N–C) groups is 1. The van der Waals surface area contributed by atoms with Crippen molar-refractivity contribution in [3.8, 4) is 0 Å². The van der Waals surface area contributed by atoms with Gasteiger partial charge in [-0.15, -0.1) is 24.0 Å². The summed E-state index contributed by atoms with van der Waals surface area (Å²) >= 11 is 0. The number of guanidine groups is 1. The quantitative estimate of drug-likeness (QED) is 0.187. The topological polar surface area (TPSA) is 83.0 Å². The minimum atomic E-state index is -5.24. The Balaban J connectivity index is 0.00000784. The van der Waals surface area contributed by atoms with Crippen molar-refractivity contribution < 1.29 is 26.3 Å². The summed E-state index contributed by atoms with van der Waals surface area (Å²) in [6.45, 7) is 8.96. The number of nitrogens with one attached hydrogen (secondary N) is 2. The maximum Gasteiger partial charge on any atom is 0.511 e. The fourth-order valence-electron chi connectivity index (χ4n) is 2.70. The van der Waals surface area contributed by atoms with Crippen molar-refractivity contribution in [3.63, 3.8) is 0 Å². The number of alkyl halides is 3. The van der Waals surface area contributed by atoms with Crippen molar-refractivity contribution >= 4 is 40.0 Å². The number of sulfonamides is 1. The summed E-state index contributed by atoms with van der Waals surface area (Å²) in [6, 6.07) is 0. The van der Waals surface area contributed by atoms with Crippen LogP contribution in [0.1, 0.15) is 40.0 Å². The van der Waals surface area contributed by atoms with Crippen molar-refractivity contribution in [1.29, 1.82) is 0 Å². The molecule has 0 radical (unpaired) electrons. The summed E-state index contributed by atoms with van der Waals surface area (Å²) in [5, 5.41) is 6.27. The molecule has 2 N–H and O–H groups in total. The molecule has 0 amide bonds. The van der Waals surface area contributed by atoms with Crippen molar-refractivity contribution in [2.24, 2.45) is 16.8 Å². The molecule has 7 nitrogen and oxygen atoms in total. The van der Waals surface area contributed by atoms with Crippen molar-refractivity contribution in [3.05, 3.63) is 0 Å². The second kappa shape index (κ2) is 13.9. The Labute approximate surface area is 189 Å². The molecule has 0 bridgehead atoms. The maximum atomic E-state index is 12.6. The third kappa shape index (κ3) is 10.5. The first-order valence-electron chi connectivity index (χ1n) is 9.74. The summed E-state index contributed by atoms with van der Waals surface area (Å²) in [7, 11) is -5.23. The largest absolute Gasteiger partial charge is 0.511 e. The summed E-state index contributed by atoms with van der Waals surface area (Å²) in [5.41, 5.74) is -5.24. The Hall–Kier alpha value is -0.340. The van der Waals surface area contributed by atoms with Gasteiger partial charge >= 0.3 is 15.5 Å². The van der Waals surface area contributed by atoms with Gasteiger partial charge in [-0.25, -0.2) is 8.42 Å². The molecule has 0 aromatic heterocycles. The van der Waals surface area contributed by atoms with Crippen LogP contribution >= 0.6 is 24.0 Å². The highest BCUT2D eigenvalue weighted by Crippen LogP contribution is 2.30. The van der Waals surface area contributed by atoms with Crippen LogP contribution in [0.25, 0.3) is 0 Å². The summed E-state index contributed by atoms with van der Waals surface area (Å²) in [5.74, 6) is 1.28. The zero-order valence-corrected chi connectivity index (χ0v) is 20.4. The van der Waals surface area contributed by atoms with Crippen LogP contribution in [-0.2, 0) is 14.8 Å². The Morgan fingerprint density at radius 2 is 1.83 bits per heavy atom. The van der Waals surface area contributed by atoms with Gasteiger partial charge in [-0.1, -0.05) is 13.8 Å². The normalized spacial score (nSPS) is 17.3. The van der Waals surface area contributed by atoms with E-state index in [1.807, 2.05) is 6.92 Å². The zero-order chi connectivity index (χ0) is 21.2. The summed E-state index contributed by atoms with van der Waals surface area (Å²) in [6.07, 6.45) is 1.73. The molecule has 0 aromatic carbocycles. The minimum absolute atomic E-state index is 0. The third-order valence-corrected chi connectivity index (χ3v) is 6.07. The minimum Gasteiger partial charge on any atom is -0.380 e. The van der Waals surface area contributed by atoms with Gasteiger partial charge in [0, 0.05) is 39.3 Å². The predicted molar refractivity (Wildman–Crippen MR) is 119 cm³/mol. The first kappa shape index (κ1) is 28.7. The fourth-order valence-corrected chi connectivity index (χ4v) is 3.69. The van der Waals surface area contributed by atoms with E-state index in [0.29, 0.717) is 61.9 Å². The standard InChI is InChI=1S/C17H33F3N4O3S.HI/c1-4-21-16(22-8-12-27-11-7-14(2)3)23-13-15-5-9-24(10-6-15)28(25,26)17(18,19)20;/h14-15H,4-13H2,1-3H3,(H2,21,22,23);1H. The molecular formula is C17H34F3IN4O3S. The van der Waals surface area contributed by atoms with Crippen molar-refractivity contribution in [2.45, 2.75) is 45.5 Å². The molecule has 174 valence electrons. The molecule has 1 heterocycles. The van der Waals surface area contributed by atoms with Gasteiger partial charge in [0.2, 0.25) is 0 Å². The van der Waals surface area contributed by atoms with E-state index >= 15 is 0 Å². The van der Waals surface area contributed by atoms with Crippen LogP contribution in [0.15, 0.2) is 4.99 Å². The number of piperidine rings is 1. The van der Waals surface area contributed by atoms with E-state index in [1.165, 1.54) is 0 Å². The van der Waals surface area contributed by atoms with Crippen molar-refractivity contribution in [2.75, 3.05) is 45.9 Å². The van der Waals surface area contributed by atoms with Gasteiger partial charge in [0.1, 0.15) is 0 Å². The number of hydrogen-bond donors (Lipinski definition) is 2. The molecule has 1 aliphatic heterocycles. The lowest BCUT2D eigenvalue weighted by Crippen LogP contribution is -2.45. The highest BCUT2D eigenvalue weighted by Gasteiger charge is 2.50. The number of rotatable bonds is 10. The number of ether oxygens (including phenoxy) is 1. The average molecular weight is 558 g/mol. The number of halogens is 4. The first-order valence-corrected chi connectivity index (χ1v) is 11.2. The Bertz CT molecular complexity index is 581. The van der Waals surface area contributed by atoms with E-state index in [1.54, 1.807) is 0 Å². The van der Waals surface area contributed by atoms with Crippen LogP contribution < -0.4 is 10.6 Å². The number of hydrogen-bond acceptors (Lipinski definition) is 4. The van der Waals surface area contributed by atoms with Gasteiger partial charge < -0.3 is 15.4 Å². The molecule has 1 aliphatic rings. The predicted octanol–water partition coefficient (Wildman–Crippen LogP) is 2.78. The molecule has 1 saturated heterocycles. The van der Waals surface area contributed by atoms with Gasteiger partial charge in [-0.05, 0) is 38.0 Å². The van der Waals surface area contributed by atoms with Gasteiger partial charge in [-0.3, -0.25) is 4.99 Å². The van der Waals surface area contributed by atoms with E-state index in [2.05, 4.69) is 29.5 Å². The van der Waals surface area contributed by atoms with Crippen LogP contribution in [0.3, 0.4) is 0 Å². The second-order valence-corrected chi connectivity index (χ2v) is 9.16. The second-order valence-electron chi connectivity index (χ2n) is 7.23. The highest BCUT2D eigenvalue weighted by atomic mass is 127. The molecule has 1 rings (SSSR count). The number of nitrogens with zero attached hydrogens (tertiary/aromatic N) is 2. The first-order chi connectivity index (χ1) is 13.1. The smallest absolute Gasteiger partial charge is 0.380 e. The van der Waals surface area contributed by atoms with Crippen LogP contribution in [0.4, 0.5) is 13.2 Å². The lowest BCUT2D eigenvalue weighted by atomic mass is 9.98. The lowest BCUT2D eigenvalue weighted by Gasteiger charge is -2.30. The summed E-state index contributed by atoms with van der Waals surface area (Å²) < 4.78 is 66.8. The Morgan fingerprint density at radius 3 is 2.34 bits per heavy atom. The highest BCUT2D eigenvalue weighted by molar-refractivity contribution is 14.0. The van der Waals surface area contributed by atoms with E-state index in [9.17, 15) is 21.6 Å². The van der Waals surface area contributed by atoms with Crippen molar-refractivity contribution in [1.82, 2.24) is 14.9 Å². The molecule has 1 fully saturated rings. The van der Waals surface area contributed by atoms with Gasteiger partial charge in [-0.2, -0.15) is 17.5 Å². The average Bonchev–Trinajstić information content (AvgIpc) is 2.61. The molecular weight excluding hydrogens is 524 g/mol. The zero-order valence-electron chi connectivity index (χ0n) is 17.3. The van der Waals surface area contributed by atoms with Gasteiger partial charge in [0.05, 0.1) is 6.61 Å². The molecule has 29 heavy (non-hydrogen) atoms. The van der Waals surface area contributed by atoms with Crippen LogP contribution in [0.2, 0.25) is 0 Å². The lowest BCUT2D eigenvalue weighted by molar-refractivity contribution is -0.0496. The molecule has 12 heteroatoms. The summed E-state index contributed by atoms with van der Waals surface area (Å²) in [4.78, 5) is 4.47. The van der Waals surface area contributed by atoms with Gasteiger partial charge in [0.15, 0.2) is 5.96 Å². The monoisotopic (exact) mass is 558 g/mol. The van der Waals surface area contributed by atoms with E-state index < -0.39 is 15.5 Å². The molecule has 0 unspecified atom stereocenters. The van der Waals surface area contributed by atoms with E-state index in [0.717, 1.165) is 6.42 Å². The maximum absolute atomic E-state index is 12.6. The Morgan fingerprint density at radius 1 is 1.21 bits per heavy atom. The van der Waals surface area contributed by atoms with E-state index in [4.69, 9.17) is 4.74 Å². The molecule has 0 saturated carbocycles. The fraction of sp³-hybridized carbons (Fsp3) is 0.941. The van der Waals surface area contributed by atoms with Gasteiger partial charge in [0.25, 0.3) is 0 Å². The molecule has 0 aromatic rings. The molecule has 0 atom stereocenters.